The van der Waals surface area contributed by atoms with Crippen LogP contribution in [0.25, 0.3) is 0 Å². The van der Waals surface area contributed by atoms with Crippen molar-refractivity contribution in [2.24, 2.45) is 17.8 Å². The number of hydrogen-bond donors (Lipinski definition) is 0. The van der Waals surface area contributed by atoms with E-state index in [1.54, 1.807) is 12.1 Å². The van der Waals surface area contributed by atoms with Crippen molar-refractivity contribution < 1.29 is 9.18 Å². The van der Waals surface area contributed by atoms with Crippen LogP contribution in [0.3, 0.4) is 0 Å². The van der Waals surface area contributed by atoms with E-state index in [1.165, 1.54) is 69.8 Å². The Balaban J connectivity index is 1.48. The molecular formula is C22H31FO. The van der Waals surface area contributed by atoms with Crippen molar-refractivity contribution in [2.45, 2.75) is 77.0 Å². The normalized spacial score (nSPS) is 30.9. The van der Waals surface area contributed by atoms with E-state index in [1.807, 2.05) is 12.1 Å². The van der Waals surface area contributed by atoms with Gasteiger partial charge in [0.15, 0.2) is 0 Å². The Morgan fingerprint density at radius 1 is 0.917 bits per heavy atom. The molecule has 0 amide bonds. The maximum Gasteiger partial charge on any atom is 0.332 e. The van der Waals surface area contributed by atoms with E-state index in [0.717, 1.165) is 17.8 Å². The minimum Gasteiger partial charge on any atom is -0.255 e. The molecule has 0 unspecified atom stereocenters. The minimum absolute atomic E-state index is 0.177. The zero-order valence-corrected chi connectivity index (χ0v) is 15.0. The first-order chi connectivity index (χ1) is 11.7. The van der Waals surface area contributed by atoms with E-state index < -0.39 is 6.04 Å². The van der Waals surface area contributed by atoms with Gasteiger partial charge in [-0.2, -0.15) is 4.39 Å². The van der Waals surface area contributed by atoms with Crippen LogP contribution in [0.1, 0.15) is 93.0 Å². The summed E-state index contributed by atoms with van der Waals surface area (Å²) in [6, 6.07) is 5.85. The lowest BCUT2D eigenvalue weighted by atomic mass is 9.68. The molecule has 2 saturated carbocycles. The standard InChI is InChI=1S/C22H31FO/c1-2-3-16-4-6-17(7-5-16)18-8-10-19(11-9-18)20-12-14-21(15-13-20)22(23)24/h12-19H,2-11H2,1H3. The van der Waals surface area contributed by atoms with Gasteiger partial charge in [0.05, 0.1) is 5.56 Å². The SMILES string of the molecule is CCCC1CCC(C2CCC(c3ccc(C(=O)F)cc3)CC2)CC1. The quantitative estimate of drug-likeness (QED) is 0.550. The Morgan fingerprint density at radius 3 is 1.96 bits per heavy atom. The molecule has 3 rings (SSSR count). The Hall–Kier alpha value is -1.18. The molecule has 2 aliphatic carbocycles. The molecule has 24 heavy (non-hydrogen) atoms. The second-order valence-corrected chi connectivity index (χ2v) is 8.08. The zero-order valence-electron chi connectivity index (χ0n) is 15.0. The number of benzene rings is 1. The van der Waals surface area contributed by atoms with Crippen molar-refractivity contribution in [1.29, 1.82) is 0 Å². The number of carbonyl (C=O) groups is 1. The highest BCUT2D eigenvalue weighted by atomic mass is 19.1. The molecular weight excluding hydrogens is 299 g/mol. The van der Waals surface area contributed by atoms with Crippen LogP contribution in [0.4, 0.5) is 4.39 Å². The summed E-state index contributed by atoms with van der Waals surface area (Å²) >= 11 is 0. The van der Waals surface area contributed by atoms with E-state index in [2.05, 4.69) is 6.92 Å². The Labute approximate surface area is 146 Å². The fourth-order valence-electron chi connectivity index (χ4n) is 5.17. The highest BCUT2D eigenvalue weighted by Gasteiger charge is 2.31. The van der Waals surface area contributed by atoms with E-state index in [4.69, 9.17) is 0 Å². The molecule has 1 aromatic rings. The van der Waals surface area contributed by atoms with E-state index in [-0.39, 0.29) is 5.56 Å². The molecule has 0 atom stereocenters. The Morgan fingerprint density at radius 2 is 1.46 bits per heavy atom. The van der Waals surface area contributed by atoms with Gasteiger partial charge in [0.1, 0.15) is 0 Å². The number of hydrogen-bond acceptors (Lipinski definition) is 1. The van der Waals surface area contributed by atoms with Gasteiger partial charge in [-0.25, -0.2) is 0 Å². The highest BCUT2D eigenvalue weighted by molar-refractivity contribution is 5.88. The molecule has 1 aromatic carbocycles. The van der Waals surface area contributed by atoms with Crippen LogP contribution < -0.4 is 0 Å². The Kier molecular flexibility index (Phi) is 6.08. The monoisotopic (exact) mass is 330 g/mol. The maximum atomic E-state index is 12.7. The Bertz CT molecular complexity index is 519. The molecule has 0 aromatic heterocycles. The second kappa shape index (κ2) is 8.27. The third-order valence-corrected chi connectivity index (χ3v) is 6.64. The van der Waals surface area contributed by atoms with Gasteiger partial charge in [0.2, 0.25) is 0 Å². The lowest BCUT2D eigenvalue weighted by molar-refractivity contribution is 0.0836. The predicted molar refractivity (Wildman–Crippen MR) is 96.9 cm³/mol. The molecule has 1 nitrogen and oxygen atoms in total. The van der Waals surface area contributed by atoms with E-state index in [9.17, 15) is 9.18 Å². The van der Waals surface area contributed by atoms with Gasteiger partial charge >= 0.3 is 6.04 Å². The smallest absolute Gasteiger partial charge is 0.255 e. The van der Waals surface area contributed by atoms with Crippen LogP contribution in [0.2, 0.25) is 0 Å². The number of halogens is 1. The van der Waals surface area contributed by atoms with E-state index >= 15 is 0 Å². The molecule has 2 heteroatoms. The lowest BCUT2D eigenvalue weighted by Gasteiger charge is -2.38. The van der Waals surface area contributed by atoms with Crippen molar-refractivity contribution >= 4 is 6.04 Å². The number of rotatable bonds is 5. The summed E-state index contributed by atoms with van der Waals surface area (Å²) in [4.78, 5) is 10.7. The molecule has 0 N–H and O–H groups in total. The summed E-state index contributed by atoms with van der Waals surface area (Å²) in [6.07, 6.45) is 13.8. The van der Waals surface area contributed by atoms with Crippen LogP contribution in [-0.4, -0.2) is 6.04 Å². The van der Waals surface area contributed by atoms with E-state index in [0.29, 0.717) is 5.92 Å². The van der Waals surface area contributed by atoms with Gasteiger partial charge in [-0.05, 0) is 79.9 Å². The van der Waals surface area contributed by atoms with Gasteiger partial charge in [0, 0.05) is 0 Å². The molecule has 2 aliphatic rings. The van der Waals surface area contributed by atoms with Crippen molar-refractivity contribution in [3.05, 3.63) is 35.4 Å². The van der Waals surface area contributed by atoms with Crippen LogP contribution in [-0.2, 0) is 0 Å². The fraction of sp³-hybridized carbons (Fsp3) is 0.682. The molecule has 0 saturated heterocycles. The predicted octanol–water partition coefficient (Wildman–Crippen LogP) is 6.68. The average Bonchev–Trinajstić information content (AvgIpc) is 2.63. The largest absolute Gasteiger partial charge is 0.332 e. The number of carbonyl (C=O) groups excluding carboxylic acids is 1. The average molecular weight is 330 g/mol. The maximum absolute atomic E-state index is 12.7. The summed E-state index contributed by atoms with van der Waals surface area (Å²) in [5.41, 5.74) is 1.46. The first-order valence-corrected chi connectivity index (χ1v) is 9.97. The summed E-state index contributed by atoms with van der Waals surface area (Å²) in [5.74, 6) is 3.49. The lowest BCUT2D eigenvalue weighted by Crippen LogP contribution is -2.25. The molecule has 0 bridgehead atoms. The van der Waals surface area contributed by atoms with Crippen molar-refractivity contribution in [3.63, 3.8) is 0 Å². The molecule has 132 valence electrons. The van der Waals surface area contributed by atoms with Crippen molar-refractivity contribution in [1.82, 2.24) is 0 Å². The topological polar surface area (TPSA) is 17.1 Å². The van der Waals surface area contributed by atoms with Crippen LogP contribution in [0.15, 0.2) is 24.3 Å². The molecule has 0 radical (unpaired) electrons. The summed E-state index contributed by atoms with van der Waals surface area (Å²) in [5, 5.41) is 0. The van der Waals surface area contributed by atoms with Crippen molar-refractivity contribution in [3.8, 4) is 0 Å². The van der Waals surface area contributed by atoms with Crippen LogP contribution in [0, 0.1) is 17.8 Å². The van der Waals surface area contributed by atoms with Gasteiger partial charge in [-0.1, -0.05) is 44.7 Å². The third kappa shape index (κ3) is 4.26. The van der Waals surface area contributed by atoms with Crippen molar-refractivity contribution in [2.75, 3.05) is 0 Å². The van der Waals surface area contributed by atoms with Gasteiger partial charge in [0.25, 0.3) is 0 Å². The minimum atomic E-state index is -1.33. The summed E-state index contributed by atoms with van der Waals surface area (Å²) < 4.78 is 12.7. The van der Waals surface area contributed by atoms with Gasteiger partial charge in [-0.3, -0.25) is 4.79 Å². The van der Waals surface area contributed by atoms with Crippen LogP contribution >= 0.6 is 0 Å². The molecule has 2 fully saturated rings. The first-order valence-electron chi connectivity index (χ1n) is 9.97. The second-order valence-electron chi connectivity index (χ2n) is 8.08. The summed E-state index contributed by atoms with van der Waals surface area (Å²) in [6.45, 7) is 2.31. The van der Waals surface area contributed by atoms with Gasteiger partial charge in [-0.15, -0.1) is 0 Å². The zero-order chi connectivity index (χ0) is 16.9. The van der Waals surface area contributed by atoms with Crippen LogP contribution in [0.5, 0.6) is 0 Å². The fourth-order valence-corrected chi connectivity index (χ4v) is 5.17. The highest BCUT2D eigenvalue weighted by Crippen LogP contribution is 2.44. The summed E-state index contributed by atoms with van der Waals surface area (Å²) in [7, 11) is 0. The molecule has 0 spiro atoms. The third-order valence-electron chi connectivity index (χ3n) is 6.64. The van der Waals surface area contributed by atoms with Gasteiger partial charge < -0.3 is 0 Å². The molecule has 0 aliphatic heterocycles. The molecule has 0 heterocycles. The first kappa shape index (κ1) is 17.6.